The molecular formula is C13H16O3S. The molecule has 3 nitrogen and oxygen atoms in total. The van der Waals surface area contributed by atoms with E-state index in [2.05, 4.69) is 12.2 Å². The van der Waals surface area contributed by atoms with Crippen LogP contribution >= 0.6 is 11.8 Å². The van der Waals surface area contributed by atoms with Gasteiger partial charge in [0.1, 0.15) is 5.78 Å². The van der Waals surface area contributed by atoms with Crippen molar-refractivity contribution >= 4 is 17.5 Å². The van der Waals surface area contributed by atoms with Crippen molar-refractivity contribution in [3.05, 3.63) is 12.2 Å². The van der Waals surface area contributed by atoms with Crippen molar-refractivity contribution in [1.82, 2.24) is 0 Å². The normalized spacial score (nSPS) is 53.4. The summed E-state index contributed by atoms with van der Waals surface area (Å²) >= 11 is 2.05. The molecule has 17 heavy (non-hydrogen) atoms. The average molecular weight is 252 g/mol. The third-order valence-electron chi connectivity index (χ3n) is 4.80. The Labute approximate surface area is 105 Å². The van der Waals surface area contributed by atoms with Gasteiger partial charge in [-0.05, 0) is 6.42 Å². The Morgan fingerprint density at radius 1 is 1.35 bits per heavy atom. The van der Waals surface area contributed by atoms with E-state index in [0.717, 1.165) is 6.42 Å². The number of aliphatic hydroxyl groups excluding tert-OH is 1. The Bertz CT molecular complexity index is 394. The molecule has 0 aromatic carbocycles. The van der Waals surface area contributed by atoms with E-state index in [1.807, 2.05) is 11.8 Å². The lowest BCUT2D eigenvalue weighted by Gasteiger charge is -2.31. The van der Waals surface area contributed by atoms with Gasteiger partial charge in [0.2, 0.25) is 0 Å². The van der Waals surface area contributed by atoms with Crippen LogP contribution in [0.1, 0.15) is 12.8 Å². The van der Waals surface area contributed by atoms with Crippen LogP contribution in [0.5, 0.6) is 0 Å². The van der Waals surface area contributed by atoms with Gasteiger partial charge in [0.05, 0.1) is 12.2 Å². The highest BCUT2D eigenvalue weighted by atomic mass is 32.2. The SMILES string of the molecule is O=C(CCO)C1CC2OC1C1C3C=CC(S3)C21. The smallest absolute Gasteiger partial charge is 0.140 e. The van der Waals surface area contributed by atoms with E-state index in [-0.39, 0.29) is 24.4 Å². The molecule has 4 aliphatic rings. The molecule has 1 N–H and O–H groups in total. The van der Waals surface area contributed by atoms with Crippen LogP contribution in [-0.2, 0) is 9.53 Å². The molecule has 0 amide bonds. The van der Waals surface area contributed by atoms with Gasteiger partial charge in [-0.2, -0.15) is 0 Å². The maximum absolute atomic E-state index is 12.0. The molecule has 0 saturated carbocycles. The second kappa shape index (κ2) is 3.59. The Morgan fingerprint density at radius 3 is 2.88 bits per heavy atom. The standard InChI is InChI=1S/C13H16O3S/c14-4-3-7(15)6-5-8-11-9-1-2-10(17-9)12(11)13(6)16-8/h1-2,6,8-14H,3-5H2. The molecule has 3 saturated heterocycles. The first-order chi connectivity index (χ1) is 8.29. The predicted octanol–water partition coefficient (Wildman–Crippen LogP) is 1.01. The summed E-state index contributed by atoms with van der Waals surface area (Å²) in [5.41, 5.74) is 0. The highest BCUT2D eigenvalue weighted by Gasteiger charge is 2.63. The number of carbonyl (C=O) groups is 1. The van der Waals surface area contributed by atoms with Gasteiger partial charge >= 0.3 is 0 Å². The number of ketones is 1. The van der Waals surface area contributed by atoms with Crippen LogP contribution in [0.3, 0.4) is 0 Å². The second-order valence-electron chi connectivity index (χ2n) is 5.53. The number of ether oxygens (including phenoxy) is 1. The highest BCUT2D eigenvalue weighted by Crippen LogP contribution is 2.61. The third kappa shape index (κ3) is 1.29. The lowest BCUT2D eigenvalue weighted by atomic mass is 9.68. The van der Waals surface area contributed by atoms with Crippen LogP contribution < -0.4 is 0 Å². The third-order valence-corrected chi connectivity index (χ3v) is 6.37. The molecule has 4 heterocycles. The molecule has 0 aromatic rings. The molecule has 92 valence electrons. The van der Waals surface area contributed by atoms with Gasteiger partial charge in [-0.1, -0.05) is 12.2 Å². The number of hydrogen-bond acceptors (Lipinski definition) is 4. The van der Waals surface area contributed by atoms with Crippen molar-refractivity contribution < 1.29 is 14.6 Å². The number of thioether (sulfide) groups is 1. The van der Waals surface area contributed by atoms with Crippen LogP contribution in [0.4, 0.5) is 0 Å². The zero-order valence-electron chi connectivity index (χ0n) is 9.49. The van der Waals surface area contributed by atoms with Gasteiger partial charge in [0.15, 0.2) is 0 Å². The molecular weight excluding hydrogens is 236 g/mol. The summed E-state index contributed by atoms with van der Waals surface area (Å²) in [5, 5.41) is 10.1. The van der Waals surface area contributed by atoms with E-state index in [4.69, 9.17) is 9.84 Å². The van der Waals surface area contributed by atoms with Crippen molar-refractivity contribution in [2.75, 3.05) is 6.61 Å². The molecule has 0 aromatic heterocycles. The van der Waals surface area contributed by atoms with E-state index in [0.29, 0.717) is 34.9 Å². The summed E-state index contributed by atoms with van der Waals surface area (Å²) in [4.78, 5) is 12.0. The summed E-state index contributed by atoms with van der Waals surface area (Å²) in [6, 6.07) is 0. The predicted molar refractivity (Wildman–Crippen MR) is 64.8 cm³/mol. The first-order valence-corrected chi connectivity index (χ1v) is 7.36. The van der Waals surface area contributed by atoms with Crippen molar-refractivity contribution in [3.63, 3.8) is 0 Å². The lowest BCUT2D eigenvalue weighted by molar-refractivity contribution is -0.125. The Hall–Kier alpha value is -0.320. The Morgan fingerprint density at radius 2 is 2.12 bits per heavy atom. The fourth-order valence-electron chi connectivity index (χ4n) is 4.19. The van der Waals surface area contributed by atoms with Gasteiger partial charge in [-0.3, -0.25) is 4.79 Å². The molecule has 0 aliphatic carbocycles. The minimum absolute atomic E-state index is 0.0263. The van der Waals surface area contributed by atoms with E-state index in [1.54, 1.807) is 0 Å². The van der Waals surface area contributed by atoms with Crippen LogP contribution in [0.25, 0.3) is 0 Å². The van der Waals surface area contributed by atoms with Crippen molar-refractivity contribution in [1.29, 1.82) is 0 Å². The minimum Gasteiger partial charge on any atom is -0.396 e. The molecule has 7 atom stereocenters. The topological polar surface area (TPSA) is 46.5 Å². The zero-order valence-corrected chi connectivity index (χ0v) is 10.3. The number of carbonyl (C=O) groups excluding carboxylic acids is 1. The van der Waals surface area contributed by atoms with Crippen LogP contribution in [0.2, 0.25) is 0 Å². The van der Waals surface area contributed by atoms with Crippen LogP contribution in [0, 0.1) is 17.8 Å². The van der Waals surface area contributed by atoms with Crippen molar-refractivity contribution in [3.8, 4) is 0 Å². The van der Waals surface area contributed by atoms with E-state index in [9.17, 15) is 4.79 Å². The maximum atomic E-state index is 12.0. The summed E-state index contributed by atoms with van der Waals surface area (Å²) in [6.07, 6.45) is 6.24. The van der Waals surface area contributed by atoms with Gasteiger partial charge in [-0.25, -0.2) is 0 Å². The van der Waals surface area contributed by atoms with Gasteiger partial charge < -0.3 is 9.84 Å². The summed E-state index contributed by atoms with van der Waals surface area (Å²) < 4.78 is 6.04. The molecule has 0 radical (unpaired) electrons. The van der Waals surface area contributed by atoms with Gasteiger partial charge in [0, 0.05) is 41.3 Å². The zero-order chi connectivity index (χ0) is 11.6. The van der Waals surface area contributed by atoms with E-state index >= 15 is 0 Å². The van der Waals surface area contributed by atoms with Crippen LogP contribution in [0.15, 0.2) is 12.2 Å². The number of aliphatic hydroxyl groups is 1. The maximum Gasteiger partial charge on any atom is 0.140 e. The van der Waals surface area contributed by atoms with Gasteiger partial charge in [-0.15, -0.1) is 11.8 Å². The number of rotatable bonds is 3. The van der Waals surface area contributed by atoms with Crippen molar-refractivity contribution in [2.45, 2.75) is 35.5 Å². The number of Topliss-reactive ketones (excluding diaryl/α,β-unsaturated/α-hetero) is 1. The first-order valence-electron chi connectivity index (χ1n) is 6.42. The fourth-order valence-corrected chi connectivity index (χ4v) is 5.97. The number of hydrogen-bond donors (Lipinski definition) is 1. The average Bonchev–Trinajstić information content (AvgIpc) is 3.07. The molecule has 7 unspecified atom stereocenters. The van der Waals surface area contributed by atoms with E-state index in [1.165, 1.54) is 0 Å². The molecule has 0 spiro atoms. The molecule has 4 bridgehead atoms. The Balaban J connectivity index is 1.59. The molecule has 3 fully saturated rings. The molecule has 4 rings (SSSR count). The van der Waals surface area contributed by atoms with Crippen molar-refractivity contribution in [2.24, 2.45) is 17.8 Å². The van der Waals surface area contributed by atoms with Crippen LogP contribution in [-0.4, -0.2) is 40.2 Å². The quantitative estimate of drug-likeness (QED) is 0.762. The summed E-state index contributed by atoms with van der Waals surface area (Å²) in [6.45, 7) is -0.0263. The molecule has 4 heteroatoms. The highest BCUT2D eigenvalue weighted by molar-refractivity contribution is 8.01. The fraction of sp³-hybridized carbons (Fsp3) is 0.769. The monoisotopic (exact) mass is 252 g/mol. The Kier molecular flexibility index (Phi) is 2.24. The largest absolute Gasteiger partial charge is 0.396 e. The summed E-state index contributed by atoms with van der Waals surface area (Å²) in [5.74, 6) is 1.47. The summed E-state index contributed by atoms with van der Waals surface area (Å²) in [7, 11) is 0. The minimum atomic E-state index is -0.0263. The lowest BCUT2D eigenvalue weighted by Crippen LogP contribution is -2.41. The number of fused-ring (bicyclic) bond motifs is 9. The van der Waals surface area contributed by atoms with E-state index < -0.39 is 0 Å². The first kappa shape index (κ1) is 10.6. The molecule has 4 aliphatic heterocycles. The van der Waals surface area contributed by atoms with Gasteiger partial charge in [0.25, 0.3) is 0 Å². The second-order valence-corrected chi connectivity index (χ2v) is 6.89.